The molecule has 0 aliphatic heterocycles. The minimum absolute atomic E-state index is 0.202. The van der Waals surface area contributed by atoms with Crippen LogP contribution in [-0.2, 0) is 0 Å². The Balaban J connectivity index is 3.53. The van der Waals surface area contributed by atoms with Crippen LogP contribution in [0.3, 0.4) is 0 Å². The fourth-order valence-corrected chi connectivity index (χ4v) is 1.31. The van der Waals surface area contributed by atoms with Gasteiger partial charge >= 0.3 is 0 Å². The van der Waals surface area contributed by atoms with Gasteiger partial charge in [-0.3, -0.25) is 9.59 Å². The Morgan fingerprint density at radius 2 is 2.14 bits per heavy atom. The zero-order valence-electron chi connectivity index (χ0n) is 8.00. The van der Waals surface area contributed by atoms with Gasteiger partial charge in [0.05, 0.1) is 11.6 Å². The van der Waals surface area contributed by atoms with Crippen LogP contribution >= 0.6 is 0 Å². The quantitative estimate of drug-likeness (QED) is 0.524. The molecular formula is C11H9NO2. The molecule has 0 aliphatic rings. The van der Waals surface area contributed by atoms with Crippen molar-refractivity contribution in [3.05, 3.63) is 34.4 Å². The zero-order valence-corrected chi connectivity index (χ0v) is 8.00. The Kier molecular flexibility index (Phi) is 2.78. The molecule has 70 valence electrons. The minimum atomic E-state index is -0.202. The standard InChI is InChI=1S/C11H9NO2/c1-7-3-9(5-12)4-10(8(2)14)11(7)6-13/h3-4,6H,1-2H3. The molecule has 0 aromatic heterocycles. The van der Waals surface area contributed by atoms with Gasteiger partial charge in [-0.15, -0.1) is 0 Å². The van der Waals surface area contributed by atoms with E-state index < -0.39 is 0 Å². The van der Waals surface area contributed by atoms with Crippen molar-refractivity contribution in [2.24, 2.45) is 0 Å². The summed E-state index contributed by atoms with van der Waals surface area (Å²) in [5, 5.41) is 8.68. The molecule has 0 saturated heterocycles. The summed E-state index contributed by atoms with van der Waals surface area (Å²) in [7, 11) is 0. The van der Waals surface area contributed by atoms with Crippen molar-refractivity contribution in [2.45, 2.75) is 13.8 Å². The predicted octanol–water partition coefficient (Wildman–Crippen LogP) is 1.88. The van der Waals surface area contributed by atoms with Crippen LogP contribution in [0.5, 0.6) is 0 Å². The first-order chi connectivity index (χ1) is 6.60. The molecular weight excluding hydrogens is 178 g/mol. The van der Waals surface area contributed by atoms with Crippen LogP contribution in [-0.4, -0.2) is 12.1 Å². The number of rotatable bonds is 2. The summed E-state index contributed by atoms with van der Waals surface area (Å²) in [6.07, 6.45) is 0.646. The highest BCUT2D eigenvalue weighted by Crippen LogP contribution is 2.15. The van der Waals surface area contributed by atoms with Gasteiger partial charge in [0.25, 0.3) is 0 Å². The maximum absolute atomic E-state index is 11.2. The number of aryl methyl sites for hydroxylation is 1. The Morgan fingerprint density at radius 1 is 1.50 bits per heavy atom. The van der Waals surface area contributed by atoms with E-state index in [9.17, 15) is 9.59 Å². The lowest BCUT2D eigenvalue weighted by atomic mass is 9.97. The first kappa shape index (κ1) is 10.1. The SMILES string of the molecule is CC(=O)c1cc(C#N)cc(C)c1C=O. The highest BCUT2D eigenvalue weighted by atomic mass is 16.1. The monoisotopic (exact) mass is 187 g/mol. The second-order valence-electron chi connectivity index (χ2n) is 3.04. The van der Waals surface area contributed by atoms with E-state index in [0.29, 0.717) is 28.5 Å². The number of benzene rings is 1. The first-order valence-corrected chi connectivity index (χ1v) is 4.11. The van der Waals surface area contributed by atoms with Crippen LogP contribution in [0.2, 0.25) is 0 Å². The number of hydrogen-bond acceptors (Lipinski definition) is 3. The molecule has 3 nitrogen and oxygen atoms in total. The Morgan fingerprint density at radius 3 is 2.57 bits per heavy atom. The van der Waals surface area contributed by atoms with Gasteiger partial charge in [0.15, 0.2) is 12.1 Å². The molecule has 0 N–H and O–H groups in total. The van der Waals surface area contributed by atoms with Gasteiger partial charge in [-0.2, -0.15) is 5.26 Å². The molecule has 14 heavy (non-hydrogen) atoms. The van der Waals surface area contributed by atoms with Crippen LogP contribution in [0.25, 0.3) is 0 Å². The molecule has 1 rings (SSSR count). The van der Waals surface area contributed by atoms with E-state index in [4.69, 9.17) is 5.26 Å². The van der Waals surface area contributed by atoms with E-state index in [2.05, 4.69) is 0 Å². The molecule has 0 amide bonds. The van der Waals surface area contributed by atoms with Crippen LogP contribution in [0.4, 0.5) is 0 Å². The fourth-order valence-electron chi connectivity index (χ4n) is 1.31. The maximum atomic E-state index is 11.2. The number of nitrogens with zero attached hydrogens (tertiary/aromatic N) is 1. The number of ketones is 1. The summed E-state index contributed by atoms with van der Waals surface area (Å²) in [5.41, 5.74) is 1.75. The maximum Gasteiger partial charge on any atom is 0.160 e. The van der Waals surface area contributed by atoms with Gasteiger partial charge in [-0.05, 0) is 31.5 Å². The van der Waals surface area contributed by atoms with Crippen molar-refractivity contribution in [3.63, 3.8) is 0 Å². The molecule has 0 unspecified atom stereocenters. The molecule has 0 spiro atoms. The molecule has 0 heterocycles. The lowest BCUT2D eigenvalue weighted by Crippen LogP contribution is -2.02. The molecule has 1 aromatic rings. The lowest BCUT2D eigenvalue weighted by Gasteiger charge is -2.04. The predicted molar refractivity (Wildman–Crippen MR) is 51.3 cm³/mol. The third-order valence-corrected chi connectivity index (χ3v) is 2.01. The van der Waals surface area contributed by atoms with Crippen molar-refractivity contribution < 1.29 is 9.59 Å². The van der Waals surface area contributed by atoms with E-state index in [1.165, 1.54) is 13.0 Å². The zero-order chi connectivity index (χ0) is 10.7. The van der Waals surface area contributed by atoms with Gasteiger partial charge in [-0.1, -0.05) is 0 Å². The second-order valence-corrected chi connectivity index (χ2v) is 3.04. The Hall–Kier alpha value is -1.95. The lowest BCUT2D eigenvalue weighted by molar-refractivity contribution is 0.100. The third kappa shape index (κ3) is 1.69. The normalized spacial score (nSPS) is 9.21. The largest absolute Gasteiger partial charge is 0.298 e. The van der Waals surface area contributed by atoms with E-state index in [0.717, 1.165) is 0 Å². The van der Waals surface area contributed by atoms with E-state index in [1.54, 1.807) is 13.0 Å². The summed E-state index contributed by atoms with van der Waals surface area (Å²) in [6, 6.07) is 4.98. The third-order valence-electron chi connectivity index (χ3n) is 2.01. The van der Waals surface area contributed by atoms with Gasteiger partial charge in [0, 0.05) is 11.1 Å². The van der Waals surface area contributed by atoms with Crippen molar-refractivity contribution in [2.75, 3.05) is 0 Å². The molecule has 0 atom stereocenters. The van der Waals surface area contributed by atoms with Crippen molar-refractivity contribution in [3.8, 4) is 6.07 Å². The highest BCUT2D eigenvalue weighted by molar-refractivity contribution is 6.02. The van der Waals surface area contributed by atoms with Gasteiger partial charge in [-0.25, -0.2) is 0 Å². The average Bonchev–Trinajstić information content (AvgIpc) is 2.16. The summed E-state index contributed by atoms with van der Waals surface area (Å²) in [5.74, 6) is -0.202. The number of carbonyl (C=O) groups is 2. The molecule has 0 radical (unpaired) electrons. The molecule has 1 aromatic carbocycles. The number of Topliss-reactive ketones (excluding diaryl/α,β-unsaturated/α-hetero) is 1. The average molecular weight is 187 g/mol. The smallest absolute Gasteiger partial charge is 0.160 e. The molecule has 0 saturated carbocycles. The summed E-state index contributed by atoms with van der Waals surface area (Å²) in [6.45, 7) is 3.08. The van der Waals surface area contributed by atoms with Crippen LogP contribution in [0.1, 0.15) is 38.8 Å². The van der Waals surface area contributed by atoms with Crippen molar-refractivity contribution in [1.29, 1.82) is 5.26 Å². The Labute approximate surface area is 82.0 Å². The fraction of sp³-hybridized carbons (Fsp3) is 0.182. The van der Waals surface area contributed by atoms with Crippen molar-refractivity contribution in [1.82, 2.24) is 0 Å². The van der Waals surface area contributed by atoms with Gasteiger partial charge < -0.3 is 0 Å². The van der Waals surface area contributed by atoms with Gasteiger partial charge in [0.1, 0.15) is 0 Å². The van der Waals surface area contributed by atoms with Gasteiger partial charge in [0.2, 0.25) is 0 Å². The molecule has 0 bridgehead atoms. The van der Waals surface area contributed by atoms with E-state index >= 15 is 0 Å². The van der Waals surface area contributed by atoms with Crippen LogP contribution in [0, 0.1) is 18.3 Å². The van der Waals surface area contributed by atoms with E-state index in [1.807, 2.05) is 6.07 Å². The number of carbonyl (C=O) groups excluding carboxylic acids is 2. The minimum Gasteiger partial charge on any atom is -0.298 e. The number of hydrogen-bond donors (Lipinski definition) is 0. The molecule has 0 aliphatic carbocycles. The molecule has 3 heteroatoms. The first-order valence-electron chi connectivity index (χ1n) is 4.11. The number of aldehydes is 1. The van der Waals surface area contributed by atoms with Crippen molar-refractivity contribution >= 4 is 12.1 Å². The van der Waals surface area contributed by atoms with Crippen LogP contribution in [0.15, 0.2) is 12.1 Å². The number of nitriles is 1. The highest BCUT2D eigenvalue weighted by Gasteiger charge is 2.10. The summed E-state index contributed by atoms with van der Waals surface area (Å²) < 4.78 is 0. The van der Waals surface area contributed by atoms with E-state index in [-0.39, 0.29) is 5.78 Å². The molecule has 0 fully saturated rings. The van der Waals surface area contributed by atoms with Crippen LogP contribution < -0.4 is 0 Å². The topological polar surface area (TPSA) is 57.9 Å². The second kappa shape index (κ2) is 3.84. The summed E-state index contributed by atoms with van der Waals surface area (Å²) >= 11 is 0. The Bertz CT molecular complexity index is 441. The summed E-state index contributed by atoms with van der Waals surface area (Å²) in [4.78, 5) is 21.9.